The van der Waals surface area contributed by atoms with Crippen molar-refractivity contribution in [3.8, 4) is 0 Å². The standard InChI is InChI=1S/C15H22Cl2N2.2ClH/c16-14-6-5-7-15(17)13(14)10-12(18)11-19-8-3-1-2-4-9-19;;/h5-7,12H,1-4,8-11,18H2;2*1H. The summed E-state index contributed by atoms with van der Waals surface area (Å²) in [4.78, 5) is 2.47. The van der Waals surface area contributed by atoms with Gasteiger partial charge in [0.1, 0.15) is 0 Å². The van der Waals surface area contributed by atoms with E-state index < -0.39 is 0 Å². The van der Waals surface area contributed by atoms with Crippen LogP contribution in [-0.2, 0) is 6.42 Å². The van der Waals surface area contributed by atoms with Crippen LogP contribution in [0.15, 0.2) is 18.2 Å². The number of rotatable bonds is 4. The van der Waals surface area contributed by atoms with Crippen LogP contribution in [0.1, 0.15) is 31.2 Å². The molecule has 2 rings (SSSR count). The summed E-state index contributed by atoms with van der Waals surface area (Å²) in [6, 6.07) is 5.72. The lowest BCUT2D eigenvalue weighted by Gasteiger charge is -2.24. The summed E-state index contributed by atoms with van der Waals surface area (Å²) < 4.78 is 0. The number of halogens is 4. The molecular weight excluding hydrogens is 350 g/mol. The van der Waals surface area contributed by atoms with Gasteiger partial charge in [-0.05, 0) is 50.0 Å². The predicted molar refractivity (Wildman–Crippen MR) is 97.5 cm³/mol. The lowest BCUT2D eigenvalue weighted by molar-refractivity contribution is 0.266. The maximum absolute atomic E-state index is 6.27. The van der Waals surface area contributed by atoms with Crippen molar-refractivity contribution in [3.05, 3.63) is 33.8 Å². The van der Waals surface area contributed by atoms with Crippen LogP contribution in [0.3, 0.4) is 0 Å². The number of nitrogens with two attached hydrogens (primary N) is 1. The van der Waals surface area contributed by atoms with E-state index in [0.29, 0.717) is 0 Å². The molecule has 0 radical (unpaired) electrons. The Morgan fingerprint density at radius 3 is 2.05 bits per heavy atom. The van der Waals surface area contributed by atoms with Crippen LogP contribution in [0.25, 0.3) is 0 Å². The van der Waals surface area contributed by atoms with E-state index in [9.17, 15) is 0 Å². The Morgan fingerprint density at radius 1 is 1.00 bits per heavy atom. The topological polar surface area (TPSA) is 29.3 Å². The normalized spacial score (nSPS) is 17.3. The Balaban J connectivity index is 0.00000200. The molecule has 1 aliphatic rings. The molecule has 2 nitrogen and oxygen atoms in total. The van der Waals surface area contributed by atoms with Crippen LogP contribution in [0.2, 0.25) is 10.0 Å². The lowest BCUT2D eigenvalue weighted by atomic mass is 10.1. The highest BCUT2D eigenvalue weighted by atomic mass is 35.5. The van der Waals surface area contributed by atoms with Crippen molar-refractivity contribution >= 4 is 48.0 Å². The van der Waals surface area contributed by atoms with E-state index >= 15 is 0 Å². The molecule has 0 aliphatic carbocycles. The summed E-state index contributed by atoms with van der Waals surface area (Å²) in [5.41, 5.74) is 7.25. The Labute approximate surface area is 150 Å². The van der Waals surface area contributed by atoms with Crippen LogP contribution in [0.4, 0.5) is 0 Å². The third-order valence-corrected chi connectivity index (χ3v) is 4.43. The van der Waals surface area contributed by atoms with E-state index in [-0.39, 0.29) is 30.9 Å². The van der Waals surface area contributed by atoms with Crippen molar-refractivity contribution < 1.29 is 0 Å². The second kappa shape index (κ2) is 10.9. The van der Waals surface area contributed by atoms with Crippen LogP contribution in [0, 0.1) is 0 Å². The van der Waals surface area contributed by atoms with E-state index in [1.807, 2.05) is 18.2 Å². The minimum atomic E-state index is 0. The third-order valence-electron chi connectivity index (χ3n) is 3.72. The molecule has 0 spiro atoms. The highest BCUT2D eigenvalue weighted by molar-refractivity contribution is 6.36. The van der Waals surface area contributed by atoms with Crippen molar-refractivity contribution in [2.24, 2.45) is 5.73 Å². The van der Waals surface area contributed by atoms with Gasteiger partial charge in [0.2, 0.25) is 0 Å². The highest BCUT2D eigenvalue weighted by Gasteiger charge is 2.15. The molecule has 0 amide bonds. The Kier molecular flexibility index (Phi) is 11.1. The SMILES string of the molecule is Cl.Cl.NC(Cc1c(Cl)cccc1Cl)CN1CCCCCC1. The average Bonchev–Trinajstić information content (AvgIpc) is 2.63. The zero-order valence-corrected chi connectivity index (χ0v) is 15.2. The zero-order valence-electron chi connectivity index (χ0n) is 12.1. The van der Waals surface area contributed by atoms with Crippen molar-refractivity contribution in [2.75, 3.05) is 19.6 Å². The van der Waals surface area contributed by atoms with Crippen LogP contribution in [0.5, 0.6) is 0 Å². The van der Waals surface area contributed by atoms with Gasteiger partial charge >= 0.3 is 0 Å². The van der Waals surface area contributed by atoms with Gasteiger partial charge < -0.3 is 10.6 Å². The largest absolute Gasteiger partial charge is 0.326 e. The molecule has 0 bridgehead atoms. The molecule has 1 aliphatic heterocycles. The second-order valence-corrected chi connectivity index (χ2v) is 6.19. The Bertz CT molecular complexity index is 386. The fourth-order valence-corrected chi connectivity index (χ4v) is 3.26. The molecule has 1 unspecified atom stereocenters. The van der Waals surface area contributed by atoms with Crippen molar-refractivity contribution in [2.45, 2.75) is 38.1 Å². The summed E-state index contributed by atoms with van der Waals surface area (Å²) in [5.74, 6) is 0. The number of benzene rings is 1. The molecule has 1 atom stereocenters. The molecule has 0 aromatic heterocycles. The predicted octanol–water partition coefficient (Wildman–Crippen LogP) is 4.58. The summed E-state index contributed by atoms with van der Waals surface area (Å²) in [7, 11) is 0. The van der Waals surface area contributed by atoms with E-state index in [1.54, 1.807) is 0 Å². The second-order valence-electron chi connectivity index (χ2n) is 5.38. The van der Waals surface area contributed by atoms with Crippen molar-refractivity contribution in [3.63, 3.8) is 0 Å². The van der Waals surface area contributed by atoms with Crippen LogP contribution < -0.4 is 5.73 Å². The van der Waals surface area contributed by atoms with Gasteiger partial charge in [-0.2, -0.15) is 0 Å². The van der Waals surface area contributed by atoms with E-state index in [4.69, 9.17) is 28.9 Å². The fourth-order valence-electron chi connectivity index (χ4n) is 2.70. The van der Waals surface area contributed by atoms with Gasteiger partial charge in [0.05, 0.1) is 0 Å². The van der Waals surface area contributed by atoms with E-state index in [2.05, 4.69) is 4.90 Å². The Hall–Kier alpha value is 0.300. The molecule has 0 saturated carbocycles. The molecule has 21 heavy (non-hydrogen) atoms. The van der Waals surface area contributed by atoms with E-state index in [0.717, 1.165) is 28.6 Å². The monoisotopic (exact) mass is 372 g/mol. The molecule has 1 fully saturated rings. The van der Waals surface area contributed by atoms with Crippen LogP contribution >= 0.6 is 48.0 Å². The first-order valence-corrected chi connectivity index (χ1v) is 7.83. The highest BCUT2D eigenvalue weighted by Crippen LogP contribution is 2.25. The van der Waals surface area contributed by atoms with E-state index in [1.165, 1.54) is 38.8 Å². The molecule has 1 heterocycles. The first-order chi connectivity index (χ1) is 9.16. The summed E-state index contributed by atoms with van der Waals surface area (Å²) in [6.45, 7) is 3.27. The van der Waals surface area contributed by atoms with Gasteiger partial charge in [-0.15, -0.1) is 24.8 Å². The first kappa shape index (κ1) is 21.3. The molecule has 2 N–H and O–H groups in total. The minimum absolute atomic E-state index is 0. The molecule has 1 aromatic carbocycles. The minimum Gasteiger partial charge on any atom is -0.326 e. The Morgan fingerprint density at radius 2 is 1.52 bits per heavy atom. The molecule has 6 heteroatoms. The molecule has 1 aromatic rings. The van der Waals surface area contributed by atoms with Crippen molar-refractivity contribution in [1.82, 2.24) is 4.90 Å². The molecule has 1 saturated heterocycles. The van der Waals surface area contributed by atoms with Gasteiger partial charge in [0.15, 0.2) is 0 Å². The number of hydrogen-bond donors (Lipinski definition) is 1. The average molecular weight is 374 g/mol. The summed E-state index contributed by atoms with van der Waals surface area (Å²) in [5, 5.41) is 1.44. The molecule has 122 valence electrons. The summed E-state index contributed by atoms with van der Waals surface area (Å²) in [6.07, 6.45) is 6.03. The third kappa shape index (κ3) is 6.94. The van der Waals surface area contributed by atoms with Gasteiger partial charge in [-0.1, -0.05) is 42.1 Å². The molecular formula is C15H24Cl4N2. The number of likely N-dealkylation sites (tertiary alicyclic amines) is 1. The lowest BCUT2D eigenvalue weighted by Crippen LogP contribution is -2.39. The maximum atomic E-state index is 6.27. The number of hydrogen-bond acceptors (Lipinski definition) is 2. The first-order valence-electron chi connectivity index (χ1n) is 7.07. The fraction of sp³-hybridized carbons (Fsp3) is 0.600. The number of nitrogens with zero attached hydrogens (tertiary/aromatic N) is 1. The van der Waals surface area contributed by atoms with Gasteiger partial charge in [-0.3, -0.25) is 0 Å². The summed E-state index contributed by atoms with van der Waals surface area (Å²) >= 11 is 12.4. The van der Waals surface area contributed by atoms with Gasteiger partial charge in [-0.25, -0.2) is 0 Å². The van der Waals surface area contributed by atoms with Crippen LogP contribution in [-0.4, -0.2) is 30.6 Å². The quantitative estimate of drug-likeness (QED) is 0.836. The zero-order chi connectivity index (χ0) is 13.7. The van der Waals surface area contributed by atoms with Crippen molar-refractivity contribution in [1.29, 1.82) is 0 Å². The van der Waals surface area contributed by atoms with Gasteiger partial charge in [0, 0.05) is 22.6 Å². The van der Waals surface area contributed by atoms with Gasteiger partial charge in [0.25, 0.3) is 0 Å². The smallest absolute Gasteiger partial charge is 0.0453 e. The maximum Gasteiger partial charge on any atom is 0.0453 e.